The first-order valence-corrected chi connectivity index (χ1v) is 5.66. The first-order chi connectivity index (χ1) is 9.06. The number of benzene rings is 1. The largest absolute Gasteiger partial charge is 0.478 e. The van der Waals surface area contributed by atoms with Crippen LogP contribution in [0.5, 0.6) is 0 Å². The summed E-state index contributed by atoms with van der Waals surface area (Å²) in [5.74, 6) is -1.38. The zero-order valence-electron chi connectivity index (χ0n) is 10.3. The minimum Gasteiger partial charge on any atom is -0.478 e. The van der Waals surface area contributed by atoms with Crippen molar-refractivity contribution in [2.75, 3.05) is 0 Å². The number of carbonyl (C=O) groups excluding carboxylic acids is 1. The highest BCUT2D eigenvalue weighted by Gasteiger charge is 2.09. The first-order valence-electron chi connectivity index (χ1n) is 5.66. The summed E-state index contributed by atoms with van der Waals surface area (Å²) >= 11 is 0. The van der Waals surface area contributed by atoms with E-state index < -0.39 is 5.97 Å². The van der Waals surface area contributed by atoms with Gasteiger partial charge in [-0.15, -0.1) is 0 Å². The lowest BCUT2D eigenvalue weighted by atomic mass is 10.1. The molecule has 1 amide bonds. The van der Waals surface area contributed by atoms with Crippen LogP contribution in [0.15, 0.2) is 36.5 Å². The van der Waals surface area contributed by atoms with Crippen LogP contribution in [-0.2, 0) is 13.6 Å². The number of nitrogens with zero attached hydrogens (tertiary/aromatic N) is 2. The van der Waals surface area contributed by atoms with Crippen LogP contribution in [-0.4, -0.2) is 26.8 Å². The Morgan fingerprint density at radius 2 is 2.05 bits per heavy atom. The summed E-state index contributed by atoms with van der Waals surface area (Å²) < 4.78 is 1.65. The predicted molar refractivity (Wildman–Crippen MR) is 67.8 cm³/mol. The van der Waals surface area contributed by atoms with Crippen LogP contribution in [0.4, 0.5) is 0 Å². The maximum Gasteiger partial charge on any atom is 0.335 e. The molecule has 0 unspecified atom stereocenters. The van der Waals surface area contributed by atoms with Crippen molar-refractivity contribution in [3.8, 4) is 0 Å². The third kappa shape index (κ3) is 3.19. The zero-order valence-corrected chi connectivity index (χ0v) is 10.3. The molecular weight excluding hydrogens is 246 g/mol. The Morgan fingerprint density at radius 3 is 2.68 bits per heavy atom. The summed E-state index contributed by atoms with van der Waals surface area (Å²) in [5, 5.41) is 15.7. The van der Waals surface area contributed by atoms with Crippen molar-refractivity contribution in [2.24, 2.45) is 7.05 Å². The Bertz CT molecular complexity index is 619. The van der Waals surface area contributed by atoms with Crippen molar-refractivity contribution in [1.82, 2.24) is 15.1 Å². The van der Waals surface area contributed by atoms with Gasteiger partial charge in [0.15, 0.2) is 0 Å². The third-order valence-corrected chi connectivity index (χ3v) is 2.57. The lowest BCUT2D eigenvalue weighted by Gasteiger charge is -2.04. The van der Waals surface area contributed by atoms with Gasteiger partial charge in [0.1, 0.15) is 0 Å². The molecule has 19 heavy (non-hydrogen) atoms. The number of nitrogens with one attached hydrogen (secondary N) is 1. The van der Waals surface area contributed by atoms with Crippen molar-refractivity contribution in [1.29, 1.82) is 0 Å². The van der Waals surface area contributed by atoms with E-state index in [1.54, 1.807) is 36.1 Å². The molecule has 6 nitrogen and oxygen atoms in total. The van der Waals surface area contributed by atoms with Gasteiger partial charge in [0.25, 0.3) is 5.91 Å². The smallest absolute Gasteiger partial charge is 0.335 e. The lowest BCUT2D eigenvalue weighted by molar-refractivity contribution is 0.0697. The van der Waals surface area contributed by atoms with E-state index in [-0.39, 0.29) is 11.5 Å². The standard InChI is InChI=1S/C13H13N3O3/c1-16-6-5-11(15-16)8-14-12(17)9-3-2-4-10(7-9)13(18)19/h2-7H,8H2,1H3,(H,14,17)(H,18,19). The van der Waals surface area contributed by atoms with E-state index in [1.807, 2.05) is 0 Å². The Balaban J connectivity index is 2.03. The first kappa shape index (κ1) is 12.8. The van der Waals surface area contributed by atoms with E-state index in [1.165, 1.54) is 12.1 Å². The number of carboxylic acids is 1. The molecule has 0 fully saturated rings. The molecule has 2 aromatic rings. The number of hydrogen-bond acceptors (Lipinski definition) is 3. The molecule has 1 heterocycles. The molecule has 0 aliphatic carbocycles. The molecule has 1 aromatic carbocycles. The van der Waals surface area contributed by atoms with Gasteiger partial charge < -0.3 is 10.4 Å². The molecule has 2 rings (SSSR count). The number of aromatic carboxylic acids is 1. The van der Waals surface area contributed by atoms with Crippen LogP contribution >= 0.6 is 0 Å². The molecule has 0 bridgehead atoms. The van der Waals surface area contributed by atoms with E-state index in [9.17, 15) is 9.59 Å². The minimum atomic E-state index is -1.06. The van der Waals surface area contributed by atoms with E-state index in [0.717, 1.165) is 5.69 Å². The summed E-state index contributed by atoms with van der Waals surface area (Å²) in [6, 6.07) is 7.70. The number of aryl methyl sites for hydroxylation is 1. The van der Waals surface area contributed by atoms with E-state index in [2.05, 4.69) is 10.4 Å². The van der Waals surface area contributed by atoms with Gasteiger partial charge in [-0.1, -0.05) is 6.07 Å². The number of carbonyl (C=O) groups is 2. The van der Waals surface area contributed by atoms with Crippen LogP contribution in [0.2, 0.25) is 0 Å². The van der Waals surface area contributed by atoms with E-state index in [4.69, 9.17) is 5.11 Å². The van der Waals surface area contributed by atoms with E-state index >= 15 is 0 Å². The summed E-state index contributed by atoms with van der Waals surface area (Å²) in [6.07, 6.45) is 1.78. The van der Waals surface area contributed by atoms with Crippen molar-refractivity contribution in [3.05, 3.63) is 53.3 Å². The van der Waals surface area contributed by atoms with Crippen molar-refractivity contribution in [3.63, 3.8) is 0 Å². The minimum absolute atomic E-state index is 0.0884. The Morgan fingerprint density at radius 1 is 1.32 bits per heavy atom. The highest BCUT2D eigenvalue weighted by atomic mass is 16.4. The van der Waals surface area contributed by atoms with Gasteiger partial charge >= 0.3 is 5.97 Å². The molecule has 0 saturated carbocycles. The Labute approximate surface area is 109 Å². The lowest BCUT2D eigenvalue weighted by Crippen LogP contribution is -2.23. The van der Waals surface area contributed by atoms with Crippen LogP contribution < -0.4 is 5.32 Å². The zero-order chi connectivity index (χ0) is 13.8. The number of carboxylic acid groups (broad SMARTS) is 1. The summed E-state index contributed by atoms with van der Waals surface area (Å²) in [5.41, 5.74) is 1.14. The summed E-state index contributed by atoms with van der Waals surface area (Å²) in [4.78, 5) is 22.7. The molecule has 0 atom stereocenters. The maximum absolute atomic E-state index is 11.9. The van der Waals surface area contributed by atoms with Crippen LogP contribution in [0, 0.1) is 0 Å². The molecule has 0 aliphatic rings. The summed E-state index contributed by atoms with van der Waals surface area (Å²) in [6.45, 7) is 0.303. The van der Waals surface area contributed by atoms with Gasteiger partial charge in [-0.25, -0.2) is 4.79 Å². The Hall–Kier alpha value is -2.63. The van der Waals surface area contributed by atoms with Crippen LogP contribution in [0.1, 0.15) is 26.4 Å². The fourth-order valence-corrected chi connectivity index (χ4v) is 1.62. The summed E-state index contributed by atoms with van der Waals surface area (Å²) in [7, 11) is 1.79. The molecule has 0 spiro atoms. The van der Waals surface area contributed by atoms with Gasteiger partial charge in [0.2, 0.25) is 0 Å². The molecule has 0 aliphatic heterocycles. The maximum atomic E-state index is 11.9. The quantitative estimate of drug-likeness (QED) is 0.859. The van der Waals surface area contributed by atoms with Gasteiger partial charge in [-0.2, -0.15) is 5.10 Å². The fraction of sp³-hybridized carbons (Fsp3) is 0.154. The number of amides is 1. The second kappa shape index (κ2) is 5.34. The van der Waals surface area contributed by atoms with E-state index in [0.29, 0.717) is 12.1 Å². The van der Waals surface area contributed by atoms with Gasteiger partial charge in [-0.05, 0) is 24.3 Å². The van der Waals surface area contributed by atoms with Gasteiger partial charge in [-0.3, -0.25) is 9.48 Å². The monoisotopic (exact) mass is 259 g/mol. The molecule has 2 N–H and O–H groups in total. The highest BCUT2D eigenvalue weighted by Crippen LogP contribution is 2.05. The van der Waals surface area contributed by atoms with Crippen molar-refractivity contribution >= 4 is 11.9 Å². The number of rotatable bonds is 4. The molecule has 6 heteroatoms. The van der Waals surface area contributed by atoms with Gasteiger partial charge in [0.05, 0.1) is 17.8 Å². The third-order valence-electron chi connectivity index (χ3n) is 2.57. The second-order valence-corrected chi connectivity index (χ2v) is 4.05. The van der Waals surface area contributed by atoms with Crippen LogP contribution in [0.3, 0.4) is 0 Å². The van der Waals surface area contributed by atoms with Crippen molar-refractivity contribution < 1.29 is 14.7 Å². The number of aromatic nitrogens is 2. The topological polar surface area (TPSA) is 84.2 Å². The highest BCUT2D eigenvalue weighted by molar-refractivity contribution is 5.97. The Kier molecular flexibility index (Phi) is 3.61. The average Bonchev–Trinajstić information content (AvgIpc) is 2.82. The number of hydrogen-bond donors (Lipinski definition) is 2. The fourth-order valence-electron chi connectivity index (χ4n) is 1.62. The van der Waals surface area contributed by atoms with Gasteiger partial charge in [0, 0.05) is 18.8 Å². The van der Waals surface area contributed by atoms with Crippen molar-refractivity contribution in [2.45, 2.75) is 6.54 Å². The normalized spacial score (nSPS) is 10.2. The molecule has 0 saturated heterocycles. The molecular formula is C13H13N3O3. The predicted octanol–water partition coefficient (Wildman–Crippen LogP) is 1.05. The SMILES string of the molecule is Cn1ccc(CNC(=O)c2cccc(C(=O)O)c2)n1. The van der Waals surface area contributed by atoms with Crippen LogP contribution in [0.25, 0.3) is 0 Å². The molecule has 0 radical (unpaired) electrons. The molecule has 98 valence electrons. The molecule has 1 aromatic heterocycles. The average molecular weight is 259 g/mol. The second-order valence-electron chi connectivity index (χ2n) is 4.05.